The zero-order valence-electron chi connectivity index (χ0n) is 10.6. The summed E-state index contributed by atoms with van der Waals surface area (Å²) < 4.78 is 5.29. The molecule has 5 heteroatoms. The van der Waals surface area contributed by atoms with Gasteiger partial charge < -0.3 is 9.32 Å². The number of amides is 1. The van der Waals surface area contributed by atoms with Crippen LogP contribution in [0.4, 0.5) is 0 Å². The van der Waals surface area contributed by atoms with Crippen molar-refractivity contribution in [2.75, 3.05) is 13.1 Å². The van der Waals surface area contributed by atoms with E-state index in [1.165, 1.54) is 0 Å². The van der Waals surface area contributed by atoms with Gasteiger partial charge >= 0.3 is 0 Å². The number of nitrogens with zero attached hydrogens (tertiary/aromatic N) is 3. The Morgan fingerprint density at radius 1 is 1.59 bits per heavy atom. The van der Waals surface area contributed by atoms with E-state index in [1.807, 2.05) is 6.92 Å². The van der Waals surface area contributed by atoms with Gasteiger partial charge in [-0.05, 0) is 20.8 Å². The highest BCUT2D eigenvalue weighted by Gasteiger charge is 2.22. The third kappa shape index (κ3) is 3.06. The SMILES string of the molecule is CCN(CC(C)C#N)C(=O)c1oc(C)nc1C. The smallest absolute Gasteiger partial charge is 0.291 e. The van der Waals surface area contributed by atoms with Crippen molar-refractivity contribution in [1.82, 2.24) is 9.88 Å². The number of aromatic nitrogens is 1. The Hall–Kier alpha value is -1.83. The predicted octanol–water partition coefficient (Wildman–Crippen LogP) is 1.91. The first-order valence-corrected chi connectivity index (χ1v) is 5.62. The first kappa shape index (κ1) is 13.2. The summed E-state index contributed by atoms with van der Waals surface area (Å²) in [5.41, 5.74) is 0.593. The van der Waals surface area contributed by atoms with Gasteiger partial charge in [-0.1, -0.05) is 0 Å². The molecule has 1 aromatic rings. The molecule has 17 heavy (non-hydrogen) atoms. The molecule has 1 amide bonds. The van der Waals surface area contributed by atoms with Gasteiger partial charge in [-0.25, -0.2) is 4.98 Å². The number of aryl methyl sites for hydroxylation is 2. The third-order valence-electron chi connectivity index (χ3n) is 2.48. The van der Waals surface area contributed by atoms with E-state index in [1.54, 1.807) is 25.7 Å². The van der Waals surface area contributed by atoms with Gasteiger partial charge in [0.1, 0.15) is 0 Å². The van der Waals surface area contributed by atoms with E-state index >= 15 is 0 Å². The van der Waals surface area contributed by atoms with E-state index in [4.69, 9.17) is 9.68 Å². The first-order valence-electron chi connectivity index (χ1n) is 5.62. The summed E-state index contributed by atoms with van der Waals surface area (Å²) in [4.78, 5) is 17.8. The van der Waals surface area contributed by atoms with E-state index in [0.29, 0.717) is 24.7 Å². The summed E-state index contributed by atoms with van der Waals surface area (Å²) in [7, 11) is 0. The van der Waals surface area contributed by atoms with Gasteiger partial charge in [0.2, 0.25) is 5.76 Å². The van der Waals surface area contributed by atoms with Crippen LogP contribution in [0, 0.1) is 31.1 Å². The van der Waals surface area contributed by atoms with E-state index in [9.17, 15) is 4.79 Å². The maximum atomic E-state index is 12.1. The van der Waals surface area contributed by atoms with Crippen LogP contribution in [0.1, 0.15) is 36.0 Å². The Morgan fingerprint density at radius 2 is 2.24 bits per heavy atom. The van der Waals surface area contributed by atoms with Gasteiger partial charge in [-0.3, -0.25) is 4.79 Å². The van der Waals surface area contributed by atoms with Gasteiger partial charge in [0.25, 0.3) is 5.91 Å². The molecule has 5 nitrogen and oxygen atoms in total. The highest BCUT2D eigenvalue weighted by Crippen LogP contribution is 2.13. The molecule has 0 aliphatic rings. The molecule has 0 N–H and O–H groups in total. The molecule has 1 atom stereocenters. The number of carbonyl (C=O) groups excluding carboxylic acids is 1. The fraction of sp³-hybridized carbons (Fsp3) is 0.583. The topological polar surface area (TPSA) is 70.1 Å². The fourth-order valence-electron chi connectivity index (χ4n) is 1.60. The summed E-state index contributed by atoms with van der Waals surface area (Å²) in [6, 6.07) is 2.12. The van der Waals surface area contributed by atoms with E-state index < -0.39 is 0 Å². The average molecular weight is 235 g/mol. The summed E-state index contributed by atoms with van der Waals surface area (Å²) in [6.45, 7) is 8.06. The molecule has 0 spiro atoms. The second-order valence-electron chi connectivity index (χ2n) is 4.02. The van der Waals surface area contributed by atoms with E-state index in [0.717, 1.165) is 0 Å². The lowest BCUT2D eigenvalue weighted by Crippen LogP contribution is -2.34. The monoisotopic (exact) mass is 235 g/mol. The van der Waals surface area contributed by atoms with Gasteiger partial charge in [-0.2, -0.15) is 5.26 Å². The van der Waals surface area contributed by atoms with Crippen molar-refractivity contribution in [3.63, 3.8) is 0 Å². The highest BCUT2D eigenvalue weighted by molar-refractivity contribution is 5.92. The second-order valence-corrected chi connectivity index (χ2v) is 4.02. The minimum atomic E-state index is -0.201. The summed E-state index contributed by atoms with van der Waals surface area (Å²) in [5, 5.41) is 8.77. The fourth-order valence-corrected chi connectivity index (χ4v) is 1.60. The van der Waals surface area contributed by atoms with Crippen LogP contribution in [-0.4, -0.2) is 28.9 Å². The zero-order chi connectivity index (χ0) is 13.0. The van der Waals surface area contributed by atoms with Crippen LogP contribution in [-0.2, 0) is 0 Å². The first-order chi connectivity index (χ1) is 7.99. The molecule has 1 rings (SSSR count). The van der Waals surface area contributed by atoms with Crippen molar-refractivity contribution in [2.45, 2.75) is 27.7 Å². The quantitative estimate of drug-likeness (QED) is 0.799. The number of rotatable bonds is 4. The summed E-state index contributed by atoms with van der Waals surface area (Å²) >= 11 is 0. The van der Waals surface area contributed by atoms with Crippen LogP contribution < -0.4 is 0 Å². The maximum absolute atomic E-state index is 12.1. The van der Waals surface area contributed by atoms with Gasteiger partial charge in [0.15, 0.2) is 5.89 Å². The van der Waals surface area contributed by atoms with E-state index in [2.05, 4.69) is 11.1 Å². The number of carbonyl (C=O) groups is 1. The van der Waals surface area contributed by atoms with Crippen LogP contribution in [0.3, 0.4) is 0 Å². The van der Waals surface area contributed by atoms with Crippen LogP contribution >= 0.6 is 0 Å². The van der Waals surface area contributed by atoms with Gasteiger partial charge in [0.05, 0.1) is 17.7 Å². The maximum Gasteiger partial charge on any atom is 0.291 e. The molecular formula is C12H17N3O2. The minimum Gasteiger partial charge on any atom is -0.436 e. The molecule has 0 aliphatic carbocycles. The van der Waals surface area contributed by atoms with Crippen LogP contribution in [0.2, 0.25) is 0 Å². The molecule has 0 bridgehead atoms. The van der Waals surface area contributed by atoms with Crippen molar-refractivity contribution in [3.05, 3.63) is 17.3 Å². The zero-order valence-corrected chi connectivity index (χ0v) is 10.6. The molecule has 0 saturated carbocycles. The van der Waals surface area contributed by atoms with Gasteiger partial charge in [-0.15, -0.1) is 0 Å². The molecule has 1 aromatic heterocycles. The Morgan fingerprint density at radius 3 is 2.65 bits per heavy atom. The normalized spacial score (nSPS) is 11.9. The number of oxazole rings is 1. The van der Waals surface area contributed by atoms with Crippen molar-refractivity contribution in [1.29, 1.82) is 5.26 Å². The minimum absolute atomic E-state index is 0.191. The Balaban J connectivity index is 2.87. The predicted molar refractivity (Wildman–Crippen MR) is 62.3 cm³/mol. The Bertz CT molecular complexity index is 445. The van der Waals surface area contributed by atoms with Crippen molar-refractivity contribution < 1.29 is 9.21 Å². The molecule has 0 saturated heterocycles. The Kier molecular flexibility index (Phi) is 4.27. The molecule has 1 heterocycles. The van der Waals surface area contributed by atoms with Crippen LogP contribution in [0.15, 0.2) is 4.42 Å². The van der Waals surface area contributed by atoms with Crippen molar-refractivity contribution >= 4 is 5.91 Å². The molecule has 0 aliphatic heterocycles. The van der Waals surface area contributed by atoms with Gasteiger partial charge in [0, 0.05) is 20.0 Å². The molecular weight excluding hydrogens is 218 g/mol. The summed E-state index contributed by atoms with van der Waals surface area (Å²) in [6.07, 6.45) is 0. The molecule has 0 aromatic carbocycles. The molecule has 92 valence electrons. The lowest BCUT2D eigenvalue weighted by molar-refractivity contribution is 0.0718. The summed E-state index contributed by atoms with van der Waals surface area (Å²) in [5.74, 6) is 0.362. The largest absolute Gasteiger partial charge is 0.436 e. The highest BCUT2D eigenvalue weighted by atomic mass is 16.4. The lowest BCUT2D eigenvalue weighted by Gasteiger charge is -2.20. The third-order valence-corrected chi connectivity index (χ3v) is 2.48. The van der Waals surface area contributed by atoms with Crippen LogP contribution in [0.25, 0.3) is 0 Å². The average Bonchev–Trinajstić information content (AvgIpc) is 2.64. The standard InChI is InChI=1S/C12H17N3O2/c1-5-15(7-8(2)6-13)12(16)11-9(3)14-10(4)17-11/h8H,5,7H2,1-4H3. The molecule has 0 radical (unpaired) electrons. The molecule has 0 fully saturated rings. The number of hydrogen-bond donors (Lipinski definition) is 0. The number of nitriles is 1. The van der Waals surface area contributed by atoms with Crippen molar-refractivity contribution in [3.8, 4) is 6.07 Å². The number of hydrogen-bond acceptors (Lipinski definition) is 4. The van der Waals surface area contributed by atoms with E-state index in [-0.39, 0.29) is 17.6 Å². The van der Waals surface area contributed by atoms with Crippen molar-refractivity contribution in [2.24, 2.45) is 5.92 Å². The lowest BCUT2D eigenvalue weighted by atomic mass is 10.2. The van der Waals surface area contributed by atoms with Crippen LogP contribution in [0.5, 0.6) is 0 Å². The second kappa shape index (κ2) is 5.48. The Labute approximate surface area is 101 Å². The molecule has 1 unspecified atom stereocenters.